The number of rotatable bonds is 8. The van der Waals surface area contributed by atoms with E-state index in [2.05, 4.69) is 22.4 Å². The van der Waals surface area contributed by atoms with Gasteiger partial charge in [-0.15, -0.1) is 0 Å². The van der Waals surface area contributed by atoms with Gasteiger partial charge >= 0.3 is 0 Å². The minimum atomic E-state index is 0.373. The zero-order valence-electron chi connectivity index (χ0n) is 12.9. The molecular weight excluding hydrogens is 266 g/mol. The molecule has 0 aliphatic rings. The number of aromatic nitrogens is 2. The van der Waals surface area contributed by atoms with Crippen molar-refractivity contribution in [2.24, 2.45) is 0 Å². The maximum atomic E-state index is 5.49. The Morgan fingerprint density at radius 3 is 2.90 bits per heavy atom. The average molecular weight is 289 g/mol. The molecule has 5 nitrogen and oxygen atoms in total. The standard InChI is InChI=1S/C16H23N3O2/c1-4-7-13(17-3)11-15-18-16(19-21-15)12-8-6-9-14(10-12)20-5-2/h6,8-10,13,17H,4-5,7,11H2,1-3H3. The van der Waals surface area contributed by atoms with E-state index in [1.54, 1.807) is 0 Å². The topological polar surface area (TPSA) is 60.2 Å². The van der Waals surface area contributed by atoms with Crippen LogP contribution in [0.5, 0.6) is 5.75 Å². The lowest BCUT2D eigenvalue weighted by molar-refractivity contribution is 0.340. The van der Waals surface area contributed by atoms with Gasteiger partial charge in [0, 0.05) is 18.0 Å². The number of hydrogen-bond donors (Lipinski definition) is 1. The molecule has 1 aromatic heterocycles. The molecule has 114 valence electrons. The summed E-state index contributed by atoms with van der Waals surface area (Å²) in [5.41, 5.74) is 0.910. The maximum absolute atomic E-state index is 5.49. The van der Waals surface area contributed by atoms with Gasteiger partial charge in [0.25, 0.3) is 0 Å². The van der Waals surface area contributed by atoms with E-state index in [9.17, 15) is 0 Å². The summed E-state index contributed by atoms with van der Waals surface area (Å²) < 4.78 is 10.8. The van der Waals surface area contributed by atoms with Crippen LogP contribution in [-0.2, 0) is 6.42 Å². The lowest BCUT2D eigenvalue weighted by Crippen LogP contribution is -2.27. The normalized spacial score (nSPS) is 12.3. The minimum Gasteiger partial charge on any atom is -0.494 e. The Hall–Kier alpha value is -1.88. The second-order valence-electron chi connectivity index (χ2n) is 4.95. The summed E-state index contributed by atoms with van der Waals surface area (Å²) in [6, 6.07) is 8.12. The van der Waals surface area contributed by atoms with Crippen molar-refractivity contribution in [2.75, 3.05) is 13.7 Å². The minimum absolute atomic E-state index is 0.373. The van der Waals surface area contributed by atoms with Crippen molar-refractivity contribution in [3.8, 4) is 17.1 Å². The van der Waals surface area contributed by atoms with Crippen LogP contribution in [0.25, 0.3) is 11.4 Å². The van der Waals surface area contributed by atoms with Gasteiger partial charge in [0.1, 0.15) is 5.75 Å². The third-order valence-corrected chi connectivity index (χ3v) is 3.34. The van der Waals surface area contributed by atoms with Crippen LogP contribution in [0.3, 0.4) is 0 Å². The number of ether oxygens (including phenoxy) is 1. The average Bonchev–Trinajstić information content (AvgIpc) is 2.96. The van der Waals surface area contributed by atoms with Crippen molar-refractivity contribution in [3.05, 3.63) is 30.2 Å². The molecule has 1 aromatic carbocycles. The largest absolute Gasteiger partial charge is 0.494 e. The molecule has 0 aliphatic heterocycles. The molecule has 0 fully saturated rings. The second-order valence-corrected chi connectivity index (χ2v) is 4.95. The first-order valence-electron chi connectivity index (χ1n) is 7.49. The van der Waals surface area contributed by atoms with Crippen molar-refractivity contribution in [3.63, 3.8) is 0 Å². The first-order valence-corrected chi connectivity index (χ1v) is 7.49. The maximum Gasteiger partial charge on any atom is 0.228 e. The molecule has 0 radical (unpaired) electrons. The zero-order valence-corrected chi connectivity index (χ0v) is 12.9. The van der Waals surface area contributed by atoms with Gasteiger partial charge in [0.2, 0.25) is 11.7 Å². The van der Waals surface area contributed by atoms with Gasteiger partial charge in [0.05, 0.1) is 6.61 Å². The number of nitrogens with one attached hydrogen (secondary N) is 1. The van der Waals surface area contributed by atoms with E-state index in [4.69, 9.17) is 9.26 Å². The van der Waals surface area contributed by atoms with Crippen LogP contribution in [0.2, 0.25) is 0 Å². The summed E-state index contributed by atoms with van der Waals surface area (Å²) in [7, 11) is 1.96. The van der Waals surface area contributed by atoms with E-state index in [1.165, 1.54) is 0 Å². The summed E-state index contributed by atoms with van der Waals surface area (Å²) in [5.74, 6) is 2.10. The van der Waals surface area contributed by atoms with E-state index >= 15 is 0 Å². The Morgan fingerprint density at radius 1 is 1.33 bits per heavy atom. The van der Waals surface area contributed by atoms with Gasteiger partial charge in [0.15, 0.2) is 0 Å². The van der Waals surface area contributed by atoms with E-state index in [0.29, 0.717) is 24.4 Å². The molecule has 1 heterocycles. The molecular formula is C16H23N3O2. The first-order chi connectivity index (χ1) is 10.3. The summed E-state index contributed by atoms with van der Waals surface area (Å²) in [4.78, 5) is 4.48. The van der Waals surface area contributed by atoms with Gasteiger partial charge in [-0.1, -0.05) is 30.6 Å². The molecule has 0 saturated heterocycles. The van der Waals surface area contributed by atoms with Crippen LogP contribution in [-0.4, -0.2) is 29.8 Å². The van der Waals surface area contributed by atoms with Gasteiger partial charge in [-0.2, -0.15) is 4.98 Å². The highest BCUT2D eigenvalue weighted by Crippen LogP contribution is 2.22. The Bertz CT molecular complexity index is 554. The van der Waals surface area contributed by atoms with Crippen LogP contribution in [0.1, 0.15) is 32.6 Å². The fourth-order valence-electron chi connectivity index (χ4n) is 2.25. The van der Waals surface area contributed by atoms with Crippen molar-refractivity contribution in [1.29, 1.82) is 0 Å². The Labute approximate surface area is 125 Å². The lowest BCUT2D eigenvalue weighted by Gasteiger charge is -2.11. The molecule has 21 heavy (non-hydrogen) atoms. The molecule has 0 spiro atoms. The Balaban J connectivity index is 2.10. The number of benzene rings is 1. The highest BCUT2D eigenvalue weighted by Gasteiger charge is 2.13. The summed E-state index contributed by atoms with van der Waals surface area (Å²) in [6.07, 6.45) is 2.97. The van der Waals surface area contributed by atoms with Crippen molar-refractivity contribution < 1.29 is 9.26 Å². The molecule has 0 bridgehead atoms. The third-order valence-electron chi connectivity index (χ3n) is 3.34. The Kier molecular flexibility index (Phi) is 5.75. The summed E-state index contributed by atoms with van der Waals surface area (Å²) >= 11 is 0. The SMILES string of the molecule is CCCC(Cc1nc(-c2cccc(OCC)c2)no1)NC. The van der Waals surface area contributed by atoms with Gasteiger partial charge in [-0.05, 0) is 32.5 Å². The monoisotopic (exact) mass is 289 g/mol. The second kappa shape index (κ2) is 7.78. The highest BCUT2D eigenvalue weighted by molar-refractivity contribution is 5.56. The highest BCUT2D eigenvalue weighted by atomic mass is 16.5. The fraction of sp³-hybridized carbons (Fsp3) is 0.500. The number of likely N-dealkylation sites (N-methyl/N-ethyl adjacent to an activating group) is 1. The Morgan fingerprint density at radius 2 is 2.19 bits per heavy atom. The van der Waals surface area contributed by atoms with E-state index in [0.717, 1.165) is 30.6 Å². The van der Waals surface area contributed by atoms with Crippen LogP contribution < -0.4 is 10.1 Å². The van der Waals surface area contributed by atoms with Crippen LogP contribution >= 0.6 is 0 Å². The summed E-state index contributed by atoms with van der Waals surface area (Å²) in [6.45, 7) is 4.77. The van der Waals surface area contributed by atoms with E-state index in [-0.39, 0.29) is 0 Å². The fourth-order valence-corrected chi connectivity index (χ4v) is 2.25. The van der Waals surface area contributed by atoms with Crippen LogP contribution in [0.4, 0.5) is 0 Å². The molecule has 0 aliphatic carbocycles. The molecule has 2 aromatic rings. The predicted molar refractivity (Wildman–Crippen MR) is 82.4 cm³/mol. The molecule has 1 N–H and O–H groups in total. The number of hydrogen-bond acceptors (Lipinski definition) is 5. The van der Waals surface area contributed by atoms with Crippen LogP contribution in [0.15, 0.2) is 28.8 Å². The summed E-state index contributed by atoms with van der Waals surface area (Å²) in [5, 5.41) is 7.34. The smallest absolute Gasteiger partial charge is 0.228 e. The van der Waals surface area contributed by atoms with Crippen molar-refractivity contribution >= 4 is 0 Å². The molecule has 0 saturated carbocycles. The third kappa shape index (κ3) is 4.29. The number of nitrogens with zero attached hydrogens (tertiary/aromatic N) is 2. The first kappa shape index (κ1) is 15.5. The van der Waals surface area contributed by atoms with Gasteiger partial charge in [-0.25, -0.2) is 0 Å². The van der Waals surface area contributed by atoms with Crippen LogP contribution in [0, 0.1) is 0 Å². The molecule has 2 rings (SSSR count). The van der Waals surface area contributed by atoms with Crippen molar-refractivity contribution in [1.82, 2.24) is 15.5 Å². The van der Waals surface area contributed by atoms with E-state index in [1.807, 2.05) is 38.2 Å². The molecule has 1 unspecified atom stereocenters. The van der Waals surface area contributed by atoms with Crippen molar-refractivity contribution in [2.45, 2.75) is 39.2 Å². The lowest BCUT2D eigenvalue weighted by atomic mass is 10.1. The van der Waals surface area contributed by atoms with Gasteiger partial charge in [-0.3, -0.25) is 0 Å². The van der Waals surface area contributed by atoms with E-state index < -0.39 is 0 Å². The molecule has 1 atom stereocenters. The zero-order chi connectivity index (χ0) is 15.1. The predicted octanol–water partition coefficient (Wildman–Crippen LogP) is 3.07. The van der Waals surface area contributed by atoms with Gasteiger partial charge < -0.3 is 14.6 Å². The molecule has 5 heteroatoms. The quantitative estimate of drug-likeness (QED) is 0.809. The molecule has 0 amide bonds.